The van der Waals surface area contributed by atoms with Crippen LogP contribution in [-0.4, -0.2) is 21.3 Å². The van der Waals surface area contributed by atoms with E-state index < -0.39 is 6.10 Å². The van der Waals surface area contributed by atoms with Crippen molar-refractivity contribution in [3.63, 3.8) is 0 Å². The highest BCUT2D eigenvalue weighted by Crippen LogP contribution is 2.25. The third kappa shape index (κ3) is 3.65. The number of aryl methyl sites for hydroxylation is 3. The number of fused-ring (bicyclic) bond motifs is 1. The minimum atomic E-state index is -0.634. The molecule has 4 nitrogen and oxygen atoms in total. The monoisotopic (exact) mass is 358 g/mol. The van der Waals surface area contributed by atoms with Crippen LogP contribution in [0.25, 0.3) is 11.0 Å². The fourth-order valence-electron chi connectivity index (χ4n) is 2.91. The van der Waals surface area contributed by atoms with E-state index in [2.05, 4.69) is 31.0 Å². The lowest BCUT2D eigenvalue weighted by molar-refractivity contribution is 0.181. The predicted octanol–water partition coefficient (Wildman–Crippen LogP) is 4.75. The average Bonchev–Trinajstić information content (AvgIpc) is 2.89. The molecule has 25 heavy (non-hydrogen) atoms. The number of ether oxygens (including phenoxy) is 1. The number of hydrogen-bond acceptors (Lipinski definition) is 3. The van der Waals surface area contributed by atoms with Crippen LogP contribution in [0.1, 0.15) is 35.5 Å². The number of aliphatic hydroxyl groups excluding tert-OH is 1. The second-order valence-corrected chi connectivity index (χ2v) is 6.89. The van der Waals surface area contributed by atoms with Gasteiger partial charge in [0.2, 0.25) is 0 Å². The maximum absolute atomic E-state index is 10.1. The Morgan fingerprint density at radius 3 is 2.52 bits per heavy atom. The average molecular weight is 359 g/mol. The fraction of sp³-hybridized carbons (Fsp3) is 0.350. The van der Waals surface area contributed by atoms with Crippen LogP contribution in [-0.2, 0) is 6.54 Å². The summed E-state index contributed by atoms with van der Waals surface area (Å²) in [7, 11) is 0. The summed E-state index contributed by atoms with van der Waals surface area (Å²) in [6.45, 7) is 8.94. The third-order valence-electron chi connectivity index (χ3n) is 4.48. The van der Waals surface area contributed by atoms with Crippen LogP contribution in [0, 0.1) is 20.8 Å². The highest BCUT2D eigenvalue weighted by molar-refractivity contribution is 6.31. The summed E-state index contributed by atoms with van der Waals surface area (Å²) in [5.41, 5.74) is 5.32. The van der Waals surface area contributed by atoms with Crippen molar-refractivity contribution in [2.45, 2.75) is 40.3 Å². The van der Waals surface area contributed by atoms with Crippen molar-refractivity contribution < 1.29 is 9.84 Å². The maximum Gasteiger partial charge on any atom is 0.138 e. The van der Waals surface area contributed by atoms with Crippen LogP contribution in [0.2, 0.25) is 5.02 Å². The SMILES string of the molecule is Cc1cc2nc(C(C)O)n(CCOc3ccc(Cl)c(C)c3)c2cc1C. The van der Waals surface area contributed by atoms with Gasteiger partial charge in [-0.1, -0.05) is 11.6 Å². The molecule has 1 atom stereocenters. The Kier molecular flexibility index (Phi) is 5.02. The van der Waals surface area contributed by atoms with Gasteiger partial charge in [0.1, 0.15) is 24.3 Å². The lowest BCUT2D eigenvalue weighted by Crippen LogP contribution is -2.13. The molecule has 0 aliphatic carbocycles. The first-order valence-electron chi connectivity index (χ1n) is 8.41. The number of imidazole rings is 1. The molecule has 1 heterocycles. The van der Waals surface area contributed by atoms with Crippen LogP contribution in [0.15, 0.2) is 30.3 Å². The number of halogens is 1. The Morgan fingerprint density at radius 1 is 1.12 bits per heavy atom. The van der Waals surface area contributed by atoms with Gasteiger partial charge in [-0.2, -0.15) is 0 Å². The molecule has 0 radical (unpaired) electrons. The minimum absolute atomic E-state index is 0.485. The van der Waals surface area contributed by atoms with Crippen molar-refractivity contribution in [3.8, 4) is 5.75 Å². The Labute approximate surface area is 153 Å². The van der Waals surface area contributed by atoms with Crippen molar-refractivity contribution in [2.24, 2.45) is 0 Å². The largest absolute Gasteiger partial charge is 0.492 e. The lowest BCUT2D eigenvalue weighted by atomic mass is 10.1. The van der Waals surface area contributed by atoms with Crippen molar-refractivity contribution in [3.05, 3.63) is 57.9 Å². The molecule has 3 aromatic rings. The van der Waals surface area contributed by atoms with Gasteiger partial charge >= 0.3 is 0 Å². The third-order valence-corrected chi connectivity index (χ3v) is 4.90. The molecule has 0 aliphatic rings. The van der Waals surface area contributed by atoms with E-state index in [0.29, 0.717) is 19.0 Å². The van der Waals surface area contributed by atoms with Crippen LogP contribution in [0.3, 0.4) is 0 Å². The minimum Gasteiger partial charge on any atom is -0.492 e. The van der Waals surface area contributed by atoms with Gasteiger partial charge < -0.3 is 14.4 Å². The Hall–Kier alpha value is -2.04. The summed E-state index contributed by atoms with van der Waals surface area (Å²) >= 11 is 6.05. The van der Waals surface area contributed by atoms with Crippen molar-refractivity contribution in [2.75, 3.05) is 6.61 Å². The van der Waals surface area contributed by atoms with Gasteiger partial charge in [-0.25, -0.2) is 4.98 Å². The van der Waals surface area contributed by atoms with Crippen LogP contribution in [0.5, 0.6) is 5.75 Å². The smallest absolute Gasteiger partial charge is 0.138 e. The predicted molar refractivity (Wildman–Crippen MR) is 102 cm³/mol. The zero-order chi connectivity index (χ0) is 18.1. The molecule has 132 valence electrons. The van der Waals surface area contributed by atoms with Gasteiger partial charge in [0.25, 0.3) is 0 Å². The lowest BCUT2D eigenvalue weighted by Gasteiger charge is -2.13. The number of benzene rings is 2. The Bertz CT molecular complexity index is 916. The quantitative estimate of drug-likeness (QED) is 0.716. The molecule has 1 N–H and O–H groups in total. The topological polar surface area (TPSA) is 47.3 Å². The summed E-state index contributed by atoms with van der Waals surface area (Å²) in [6, 6.07) is 9.82. The molecule has 0 saturated heterocycles. The fourth-order valence-corrected chi connectivity index (χ4v) is 3.03. The maximum atomic E-state index is 10.1. The van der Waals surface area contributed by atoms with E-state index in [0.717, 1.165) is 27.4 Å². The molecule has 0 spiro atoms. The molecule has 0 saturated carbocycles. The molecule has 0 aliphatic heterocycles. The zero-order valence-corrected chi connectivity index (χ0v) is 15.8. The van der Waals surface area contributed by atoms with Gasteiger partial charge in [-0.05, 0) is 74.7 Å². The zero-order valence-electron chi connectivity index (χ0n) is 15.0. The van der Waals surface area contributed by atoms with E-state index in [4.69, 9.17) is 16.3 Å². The first-order valence-corrected chi connectivity index (χ1v) is 8.79. The number of rotatable bonds is 5. The molecule has 0 amide bonds. The second kappa shape index (κ2) is 7.06. The summed E-state index contributed by atoms with van der Waals surface area (Å²) in [4.78, 5) is 4.61. The molecular formula is C20H23ClN2O2. The normalized spacial score (nSPS) is 12.6. The number of aliphatic hydroxyl groups is 1. The Balaban J connectivity index is 1.85. The van der Waals surface area contributed by atoms with Crippen molar-refractivity contribution in [1.29, 1.82) is 0 Å². The summed E-state index contributed by atoms with van der Waals surface area (Å²) in [5, 5.41) is 10.8. The van der Waals surface area contributed by atoms with Gasteiger partial charge in [-0.15, -0.1) is 0 Å². The molecule has 0 bridgehead atoms. The van der Waals surface area contributed by atoms with Gasteiger partial charge in [0.05, 0.1) is 17.6 Å². The molecule has 0 fully saturated rings. The van der Waals surface area contributed by atoms with Crippen LogP contribution in [0.4, 0.5) is 0 Å². The van der Waals surface area contributed by atoms with E-state index in [1.807, 2.05) is 29.7 Å². The number of nitrogens with zero attached hydrogens (tertiary/aromatic N) is 2. The van der Waals surface area contributed by atoms with E-state index in [1.165, 1.54) is 11.1 Å². The van der Waals surface area contributed by atoms with Crippen LogP contribution >= 0.6 is 11.6 Å². The van der Waals surface area contributed by atoms with Gasteiger partial charge in [-0.3, -0.25) is 0 Å². The molecule has 2 aromatic carbocycles. The first kappa shape index (κ1) is 17.8. The van der Waals surface area contributed by atoms with Crippen LogP contribution < -0.4 is 4.74 Å². The molecule has 1 aromatic heterocycles. The summed E-state index contributed by atoms with van der Waals surface area (Å²) in [6.07, 6.45) is -0.634. The highest BCUT2D eigenvalue weighted by Gasteiger charge is 2.15. The van der Waals surface area contributed by atoms with E-state index in [9.17, 15) is 5.11 Å². The number of hydrogen-bond donors (Lipinski definition) is 1. The van der Waals surface area contributed by atoms with E-state index in [-0.39, 0.29) is 0 Å². The van der Waals surface area contributed by atoms with Crippen molar-refractivity contribution >= 4 is 22.6 Å². The standard InChI is InChI=1S/C20H23ClN2O2/c1-12-10-18-19(11-13(12)2)23(20(22-18)15(4)24)7-8-25-16-5-6-17(21)14(3)9-16/h5-6,9-11,15,24H,7-8H2,1-4H3. The highest BCUT2D eigenvalue weighted by atomic mass is 35.5. The number of aromatic nitrogens is 2. The first-order chi connectivity index (χ1) is 11.9. The molecule has 5 heteroatoms. The molecular weight excluding hydrogens is 336 g/mol. The Morgan fingerprint density at radius 2 is 1.84 bits per heavy atom. The van der Waals surface area contributed by atoms with E-state index >= 15 is 0 Å². The second-order valence-electron chi connectivity index (χ2n) is 6.48. The molecule has 3 rings (SSSR count). The van der Waals surface area contributed by atoms with E-state index in [1.54, 1.807) is 6.92 Å². The molecule has 1 unspecified atom stereocenters. The van der Waals surface area contributed by atoms with Gasteiger partial charge in [0, 0.05) is 5.02 Å². The van der Waals surface area contributed by atoms with Gasteiger partial charge in [0.15, 0.2) is 0 Å². The summed E-state index contributed by atoms with van der Waals surface area (Å²) < 4.78 is 7.90. The summed E-state index contributed by atoms with van der Waals surface area (Å²) in [5.74, 6) is 1.45. The van der Waals surface area contributed by atoms with Crippen molar-refractivity contribution in [1.82, 2.24) is 9.55 Å².